The lowest BCUT2D eigenvalue weighted by Gasteiger charge is -2.32. The van der Waals surface area contributed by atoms with Gasteiger partial charge in [-0.3, -0.25) is 19.0 Å². The van der Waals surface area contributed by atoms with Crippen molar-refractivity contribution in [2.75, 3.05) is 28.6 Å². The van der Waals surface area contributed by atoms with Crippen molar-refractivity contribution in [1.29, 1.82) is 0 Å². The second kappa shape index (κ2) is 10.6. The van der Waals surface area contributed by atoms with Gasteiger partial charge in [0.1, 0.15) is 5.52 Å². The van der Waals surface area contributed by atoms with E-state index in [0.29, 0.717) is 48.0 Å². The van der Waals surface area contributed by atoms with Crippen molar-refractivity contribution in [3.05, 3.63) is 88.8 Å². The number of rotatable bonds is 6. The second-order valence-electron chi connectivity index (χ2n) is 9.19. The normalized spacial score (nSPS) is 15.4. The van der Waals surface area contributed by atoms with Crippen LogP contribution in [0.15, 0.2) is 77.7 Å². The van der Waals surface area contributed by atoms with Crippen molar-refractivity contribution in [1.82, 2.24) is 14.5 Å². The highest BCUT2D eigenvalue weighted by Crippen LogP contribution is 2.23. The molecule has 2 amide bonds. The lowest BCUT2D eigenvalue weighted by molar-refractivity contribution is -0.120. The predicted octanol–water partition coefficient (Wildman–Crippen LogP) is 3.65. The highest BCUT2D eigenvalue weighted by molar-refractivity contribution is 5.94. The van der Waals surface area contributed by atoms with Crippen LogP contribution in [0.4, 0.5) is 17.2 Å². The molecule has 0 saturated carbocycles. The fourth-order valence-corrected chi connectivity index (χ4v) is 4.65. The van der Waals surface area contributed by atoms with E-state index >= 15 is 0 Å². The van der Waals surface area contributed by atoms with Crippen LogP contribution in [-0.2, 0) is 16.1 Å². The highest BCUT2D eigenvalue weighted by Gasteiger charge is 2.29. The third kappa shape index (κ3) is 5.50. The first-order chi connectivity index (χ1) is 18.0. The molecule has 0 spiro atoms. The molecular weight excluding hydrogens is 468 g/mol. The zero-order chi connectivity index (χ0) is 25.8. The van der Waals surface area contributed by atoms with E-state index in [-0.39, 0.29) is 23.3 Å². The first-order valence-electron chi connectivity index (χ1n) is 12.3. The summed E-state index contributed by atoms with van der Waals surface area (Å²) in [4.78, 5) is 49.0. The van der Waals surface area contributed by atoms with Gasteiger partial charge in [0.25, 0.3) is 5.56 Å². The maximum atomic E-state index is 13.7. The van der Waals surface area contributed by atoms with E-state index in [1.807, 2.05) is 41.3 Å². The lowest BCUT2D eigenvalue weighted by atomic mass is 9.97. The Morgan fingerprint density at radius 3 is 2.43 bits per heavy atom. The van der Waals surface area contributed by atoms with Gasteiger partial charge in [0, 0.05) is 37.6 Å². The van der Waals surface area contributed by atoms with Gasteiger partial charge in [0.05, 0.1) is 12.5 Å². The topological polar surface area (TPSA) is 109 Å². The molecule has 1 saturated heterocycles. The minimum Gasteiger partial charge on any atom is -0.351 e. The number of nitrogens with zero attached hydrogens (tertiary/aromatic N) is 4. The average molecular weight is 497 g/mol. The van der Waals surface area contributed by atoms with Crippen molar-refractivity contribution in [2.24, 2.45) is 5.92 Å². The standard InChI is InChI=1S/C28H28N6O3/c1-19(35)30-22-11-13-23(14-12-22)31-27(36)21-9-6-16-33(18-21)26-28(37)34(17-20-7-3-2-4-8-20)25-24(32-26)10-5-15-29-25/h2-5,7-8,10-15,21H,6,9,16-18H2,1H3,(H,30,35)(H,31,36)/t21-/m0/s1. The summed E-state index contributed by atoms with van der Waals surface area (Å²) in [6.07, 6.45) is 3.15. The fourth-order valence-electron chi connectivity index (χ4n) is 4.65. The van der Waals surface area contributed by atoms with Crippen LogP contribution in [0.3, 0.4) is 0 Å². The number of aromatic nitrogens is 3. The minimum absolute atomic E-state index is 0.107. The van der Waals surface area contributed by atoms with E-state index in [2.05, 4.69) is 20.6 Å². The molecule has 37 heavy (non-hydrogen) atoms. The Hall–Kier alpha value is -4.53. The van der Waals surface area contributed by atoms with Gasteiger partial charge in [-0.15, -0.1) is 0 Å². The molecule has 2 N–H and O–H groups in total. The molecule has 0 radical (unpaired) electrons. The van der Waals surface area contributed by atoms with Gasteiger partial charge in [-0.25, -0.2) is 9.97 Å². The molecule has 3 heterocycles. The van der Waals surface area contributed by atoms with Gasteiger partial charge in [0.15, 0.2) is 11.5 Å². The summed E-state index contributed by atoms with van der Waals surface area (Å²) in [7, 11) is 0. The van der Waals surface area contributed by atoms with Gasteiger partial charge in [-0.1, -0.05) is 30.3 Å². The molecule has 2 aromatic carbocycles. The Morgan fingerprint density at radius 1 is 0.973 bits per heavy atom. The van der Waals surface area contributed by atoms with Gasteiger partial charge < -0.3 is 15.5 Å². The molecule has 9 nitrogen and oxygen atoms in total. The van der Waals surface area contributed by atoms with E-state index in [0.717, 1.165) is 18.4 Å². The summed E-state index contributed by atoms with van der Waals surface area (Å²) in [6, 6.07) is 20.4. The maximum absolute atomic E-state index is 13.7. The molecule has 0 aliphatic carbocycles. The first kappa shape index (κ1) is 24.2. The number of benzene rings is 2. The number of carbonyl (C=O) groups excluding carboxylic acids is 2. The Labute approximate surface area is 214 Å². The molecule has 0 unspecified atom stereocenters. The van der Waals surface area contributed by atoms with Crippen molar-refractivity contribution in [2.45, 2.75) is 26.3 Å². The summed E-state index contributed by atoms with van der Waals surface area (Å²) >= 11 is 0. The Balaban J connectivity index is 1.37. The van der Waals surface area contributed by atoms with Crippen LogP contribution >= 0.6 is 0 Å². The van der Waals surface area contributed by atoms with Crippen LogP contribution in [-0.4, -0.2) is 39.4 Å². The predicted molar refractivity (Wildman–Crippen MR) is 144 cm³/mol. The van der Waals surface area contributed by atoms with Crippen LogP contribution in [0.5, 0.6) is 0 Å². The number of carbonyl (C=O) groups is 2. The molecule has 1 fully saturated rings. The van der Waals surface area contributed by atoms with E-state index in [4.69, 9.17) is 0 Å². The van der Waals surface area contributed by atoms with Crippen LogP contribution in [0.2, 0.25) is 0 Å². The number of fused-ring (bicyclic) bond motifs is 1. The Bertz CT molecular complexity index is 1480. The van der Waals surface area contributed by atoms with Gasteiger partial charge in [0.2, 0.25) is 11.8 Å². The maximum Gasteiger partial charge on any atom is 0.295 e. The van der Waals surface area contributed by atoms with Crippen LogP contribution in [0.1, 0.15) is 25.3 Å². The summed E-state index contributed by atoms with van der Waals surface area (Å²) in [6.45, 7) is 2.88. The number of piperidine rings is 1. The molecular formula is C28H28N6O3. The summed E-state index contributed by atoms with van der Waals surface area (Å²) in [5.41, 5.74) is 3.26. The molecule has 5 rings (SSSR count). The lowest BCUT2D eigenvalue weighted by Crippen LogP contribution is -2.44. The van der Waals surface area contributed by atoms with Gasteiger partial charge in [-0.2, -0.15) is 0 Å². The zero-order valence-corrected chi connectivity index (χ0v) is 20.6. The Morgan fingerprint density at radius 2 is 1.70 bits per heavy atom. The van der Waals surface area contributed by atoms with Gasteiger partial charge >= 0.3 is 0 Å². The number of nitrogens with one attached hydrogen (secondary N) is 2. The Kier molecular flexibility index (Phi) is 6.93. The number of pyridine rings is 1. The van der Waals surface area contributed by atoms with Crippen molar-refractivity contribution in [3.8, 4) is 0 Å². The van der Waals surface area contributed by atoms with Crippen molar-refractivity contribution >= 4 is 40.2 Å². The smallest absolute Gasteiger partial charge is 0.295 e. The highest BCUT2D eigenvalue weighted by atomic mass is 16.2. The largest absolute Gasteiger partial charge is 0.351 e. The van der Waals surface area contributed by atoms with E-state index in [1.54, 1.807) is 41.1 Å². The summed E-state index contributed by atoms with van der Waals surface area (Å²) in [5.74, 6) is -0.213. The molecule has 9 heteroatoms. The minimum atomic E-state index is -0.294. The van der Waals surface area contributed by atoms with E-state index < -0.39 is 0 Å². The van der Waals surface area contributed by atoms with E-state index in [1.165, 1.54) is 6.92 Å². The average Bonchev–Trinajstić information content (AvgIpc) is 2.91. The molecule has 1 aliphatic rings. The molecule has 188 valence electrons. The van der Waals surface area contributed by atoms with E-state index in [9.17, 15) is 14.4 Å². The van der Waals surface area contributed by atoms with Crippen LogP contribution < -0.4 is 21.1 Å². The fraction of sp³-hybridized carbons (Fsp3) is 0.250. The zero-order valence-electron chi connectivity index (χ0n) is 20.6. The molecule has 2 aromatic heterocycles. The van der Waals surface area contributed by atoms with Gasteiger partial charge in [-0.05, 0) is 54.8 Å². The third-order valence-corrected chi connectivity index (χ3v) is 6.43. The van der Waals surface area contributed by atoms with Crippen LogP contribution in [0.25, 0.3) is 11.2 Å². The molecule has 1 aliphatic heterocycles. The van der Waals surface area contributed by atoms with Crippen molar-refractivity contribution in [3.63, 3.8) is 0 Å². The number of hydrogen-bond acceptors (Lipinski definition) is 6. The van der Waals surface area contributed by atoms with Crippen LogP contribution in [0, 0.1) is 5.92 Å². The number of anilines is 3. The first-order valence-corrected chi connectivity index (χ1v) is 12.3. The summed E-state index contributed by atoms with van der Waals surface area (Å²) < 4.78 is 1.66. The second-order valence-corrected chi connectivity index (χ2v) is 9.19. The number of hydrogen-bond donors (Lipinski definition) is 2. The third-order valence-electron chi connectivity index (χ3n) is 6.43. The molecule has 4 aromatic rings. The molecule has 1 atom stereocenters. The summed E-state index contributed by atoms with van der Waals surface area (Å²) in [5, 5.41) is 5.67. The van der Waals surface area contributed by atoms with Crippen molar-refractivity contribution < 1.29 is 9.59 Å². The number of amides is 2. The monoisotopic (exact) mass is 496 g/mol. The molecule has 0 bridgehead atoms. The SMILES string of the molecule is CC(=O)Nc1ccc(NC(=O)[C@H]2CCCN(c3nc4cccnc4n(Cc4ccccc4)c3=O)C2)cc1. The quantitative estimate of drug-likeness (QED) is 0.422.